The molecular weight excluding hydrogens is 395 g/mol. The molecule has 0 bridgehead atoms. The Labute approximate surface area is 182 Å². The van der Waals surface area contributed by atoms with E-state index in [1.54, 1.807) is 41.3 Å². The summed E-state index contributed by atoms with van der Waals surface area (Å²) in [7, 11) is 0. The summed E-state index contributed by atoms with van der Waals surface area (Å²) in [5, 5.41) is 7.37. The van der Waals surface area contributed by atoms with E-state index in [1.165, 1.54) is 6.07 Å². The molecule has 0 unspecified atom stereocenters. The van der Waals surface area contributed by atoms with Crippen LogP contribution < -0.4 is 5.32 Å². The fourth-order valence-corrected chi connectivity index (χ4v) is 3.48. The Balaban J connectivity index is 1.88. The molecule has 1 amide bonds. The van der Waals surface area contributed by atoms with E-state index in [9.17, 15) is 9.18 Å². The summed E-state index contributed by atoms with van der Waals surface area (Å²) in [6.07, 6.45) is 3.11. The molecule has 2 heterocycles. The average Bonchev–Trinajstić information content (AvgIpc) is 3.23. The first-order chi connectivity index (χ1) is 15.0. The maximum Gasteiger partial charge on any atom is 0.254 e. The first-order valence-corrected chi connectivity index (χ1v) is 10.6. The van der Waals surface area contributed by atoms with Gasteiger partial charge >= 0.3 is 0 Å². The van der Waals surface area contributed by atoms with Crippen molar-refractivity contribution in [2.45, 2.75) is 33.6 Å². The highest BCUT2D eigenvalue weighted by molar-refractivity contribution is 5.95. The topological polar surface area (TPSA) is 75.9 Å². The highest BCUT2D eigenvalue weighted by Gasteiger charge is 2.22. The third-order valence-corrected chi connectivity index (χ3v) is 5.19. The van der Waals surface area contributed by atoms with Crippen molar-refractivity contribution in [3.8, 4) is 17.2 Å². The van der Waals surface area contributed by atoms with E-state index in [-0.39, 0.29) is 17.6 Å². The zero-order chi connectivity index (χ0) is 22.4. The minimum Gasteiger partial charge on any atom is -0.351 e. The number of carbonyl (C=O) groups is 1. The third kappa shape index (κ3) is 5.14. The van der Waals surface area contributed by atoms with E-state index in [2.05, 4.69) is 39.1 Å². The minimum absolute atomic E-state index is 0.00625. The summed E-state index contributed by atoms with van der Waals surface area (Å²) in [5.74, 6) is -0.226. The fraction of sp³-hybridized carbons (Fsp3) is 0.391. The van der Waals surface area contributed by atoms with Crippen LogP contribution in [0.2, 0.25) is 0 Å². The molecule has 3 rings (SSSR count). The fourth-order valence-electron chi connectivity index (χ4n) is 3.48. The lowest BCUT2D eigenvalue weighted by atomic mass is 10.1. The van der Waals surface area contributed by atoms with Gasteiger partial charge in [-0.25, -0.2) is 19.0 Å². The number of halogens is 1. The number of nitrogens with zero attached hydrogens (tertiary/aromatic N) is 5. The number of nitrogens with one attached hydrogen (secondary N) is 1. The molecule has 1 N–H and O–H groups in total. The zero-order valence-corrected chi connectivity index (χ0v) is 18.5. The van der Waals surface area contributed by atoms with Gasteiger partial charge in [-0.3, -0.25) is 4.79 Å². The predicted molar refractivity (Wildman–Crippen MR) is 119 cm³/mol. The van der Waals surface area contributed by atoms with Crippen molar-refractivity contribution < 1.29 is 9.18 Å². The van der Waals surface area contributed by atoms with Gasteiger partial charge < -0.3 is 10.2 Å². The predicted octanol–water partition coefficient (Wildman–Crippen LogP) is 3.66. The Morgan fingerprint density at radius 2 is 1.94 bits per heavy atom. The van der Waals surface area contributed by atoms with E-state index in [0.29, 0.717) is 35.0 Å². The van der Waals surface area contributed by atoms with Gasteiger partial charge in [0.05, 0.1) is 23.1 Å². The summed E-state index contributed by atoms with van der Waals surface area (Å²) >= 11 is 0. The Morgan fingerprint density at radius 3 is 2.61 bits per heavy atom. The van der Waals surface area contributed by atoms with Crippen molar-refractivity contribution in [2.24, 2.45) is 0 Å². The lowest BCUT2D eigenvalue weighted by Gasteiger charge is -2.18. The lowest BCUT2D eigenvalue weighted by molar-refractivity contribution is 0.0947. The molecule has 0 fully saturated rings. The molecule has 0 aliphatic carbocycles. The average molecular weight is 425 g/mol. The second-order valence-electron chi connectivity index (χ2n) is 7.51. The van der Waals surface area contributed by atoms with E-state index in [1.807, 2.05) is 13.8 Å². The van der Waals surface area contributed by atoms with Gasteiger partial charge in [0.1, 0.15) is 5.82 Å². The molecular formula is C23H29FN6O. The lowest BCUT2D eigenvalue weighted by Crippen LogP contribution is -2.35. The van der Waals surface area contributed by atoms with Crippen LogP contribution in [0.15, 0.2) is 42.7 Å². The van der Waals surface area contributed by atoms with E-state index in [4.69, 9.17) is 0 Å². The van der Waals surface area contributed by atoms with Gasteiger partial charge in [-0.15, -0.1) is 0 Å². The Morgan fingerprint density at radius 1 is 1.19 bits per heavy atom. The van der Waals surface area contributed by atoms with E-state index in [0.717, 1.165) is 19.6 Å². The van der Waals surface area contributed by atoms with Crippen LogP contribution in [0, 0.1) is 5.82 Å². The quantitative estimate of drug-likeness (QED) is 0.567. The maximum absolute atomic E-state index is 14.2. The van der Waals surface area contributed by atoms with Crippen molar-refractivity contribution >= 4 is 5.91 Å². The molecule has 0 radical (unpaired) electrons. The van der Waals surface area contributed by atoms with Gasteiger partial charge in [0.15, 0.2) is 0 Å². The molecule has 0 aliphatic rings. The van der Waals surface area contributed by atoms with Crippen LogP contribution >= 0.6 is 0 Å². The molecule has 2 aromatic heterocycles. The minimum atomic E-state index is -0.357. The number of benzene rings is 1. The second-order valence-corrected chi connectivity index (χ2v) is 7.51. The monoisotopic (exact) mass is 424 g/mol. The highest BCUT2D eigenvalue weighted by Crippen LogP contribution is 2.24. The smallest absolute Gasteiger partial charge is 0.254 e. The van der Waals surface area contributed by atoms with Gasteiger partial charge in [0.2, 0.25) is 0 Å². The standard InChI is InChI=1S/C23H29FN6O/c1-5-29(6-2)14-13-25-22(31)18-15-27-30(21(18)16(3)4)23-26-12-11-20(28-23)17-9-7-8-10-19(17)24/h7-12,15-16H,5-6,13-14H2,1-4H3,(H,25,31). The summed E-state index contributed by atoms with van der Waals surface area (Å²) < 4.78 is 15.8. The van der Waals surface area contributed by atoms with Crippen LogP contribution in [0.1, 0.15) is 49.7 Å². The van der Waals surface area contributed by atoms with Crippen LogP contribution in [0.5, 0.6) is 0 Å². The third-order valence-electron chi connectivity index (χ3n) is 5.19. The number of carbonyl (C=O) groups excluding carboxylic acids is 1. The van der Waals surface area contributed by atoms with Crippen molar-refractivity contribution in [2.75, 3.05) is 26.2 Å². The number of aromatic nitrogens is 4. The molecule has 0 spiro atoms. The molecule has 31 heavy (non-hydrogen) atoms. The van der Waals surface area contributed by atoms with Gasteiger partial charge in [-0.1, -0.05) is 39.8 Å². The first kappa shape index (κ1) is 22.6. The summed E-state index contributed by atoms with van der Waals surface area (Å²) in [5.41, 5.74) is 2.05. The molecule has 8 heteroatoms. The molecule has 0 aliphatic heterocycles. The van der Waals surface area contributed by atoms with Crippen LogP contribution in [-0.2, 0) is 0 Å². The van der Waals surface area contributed by atoms with E-state index >= 15 is 0 Å². The van der Waals surface area contributed by atoms with Crippen molar-refractivity contribution in [3.63, 3.8) is 0 Å². The number of hydrogen-bond acceptors (Lipinski definition) is 5. The van der Waals surface area contributed by atoms with Crippen LogP contribution in [0.3, 0.4) is 0 Å². The zero-order valence-electron chi connectivity index (χ0n) is 18.5. The molecule has 164 valence electrons. The van der Waals surface area contributed by atoms with Crippen molar-refractivity contribution in [1.29, 1.82) is 0 Å². The molecule has 0 saturated carbocycles. The van der Waals surface area contributed by atoms with Crippen molar-refractivity contribution in [1.82, 2.24) is 30.0 Å². The van der Waals surface area contributed by atoms with Gasteiger partial charge in [-0.05, 0) is 37.2 Å². The van der Waals surface area contributed by atoms with Crippen LogP contribution in [-0.4, -0.2) is 56.7 Å². The normalized spacial score (nSPS) is 11.3. The molecule has 3 aromatic rings. The molecule has 1 aromatic carbocycles. The van der Waals surface area contributed by atoms with E-state index < -0.39 is 0 Å². The van der Waals surface area contributed by atoms with Gasteiger partial charge in [-0.2, -0.15) is 5.10 Å². The van der Waals surface area contributed by atoms with Gasteiger partial charge in [0.25, 0.3) is 11.9 Å². The molecule has 0 atom stereocenters. The number of rotatable bonds is 9. The Hall–Kier alpha value is -3.13. The first-order valence-electron chi connectivity index (χ1n) is 10.6. The van der Waals surface area contributed by atoms with Crippen LogP contribution in [0.25, 0.3) is 17.2 Å². The summed E-state index contributed by atoms with van der Waals surface area (Å²) in [4.78, 5) is 23.9. The molecule has 7 nitrogen and oxygen atoms in total. The Bertz CT molecular complexity index is 1030. The van der Waals surface area contributed by atoms with Gasteiger partial charge in [0, 0.05) is 24.8 Å². The highest BCUT2D eigenvalue weighted by atomic mass is 19.1. The Kier molecular flexibility index (Phi) is 7.46. The largest absolute Gasteiger partial charge is 0.351 e. The van der Waals surface area contributed by atoms with Crippen LogP contribution in [0.4, 0.5) is 4.39 Å². The maximum atomic E-state index is 14.2. The second kappa shape index (κ2) is 10.3. The van der Waals surface area contributed by atoms with Crippen molar-refractivity contribution in [3.05, 3.63) is 59.8 Å². The number of hydrogen-bond donors (Lipinski definition) is 1. The summed E-state index contributed by atoms with van der Waals surface area (Å²) in [6, 6.07) is 8.11. The number of likely N-dealkylation sites (N-methyl/N-ethyl adjacent to an activating group) is 1. The number of amides is 1. The summed E-state index contributed by atoms with van der Waals surface area (Å²) in [6.45, 7) is 11.4. The molecule has 0 saturated heterocycles. The SMILES string of the molecule is CCN(CC)CCNC(=O)c1cnn(-c2nccc(-c3ccccc3F)n2)c1C(C)C.